The normalized spacial score (nSPS) is 18.7. The minimum absolute atomic E-state index is 0.0694. The summed E-state index contributed by atoms with van der Waals surface area (Å²) in [7, 11) is 0. The molecule has 0 aromatic rings. The SMILES string of the molecule is CC(C)CCCOC(=O)C1(CN)CCC1. The Morgan fingerprint density at radius 3 is 2.53 bits per heavy atom. The molecule has 1 fully saturated rings. The molecule has 0 aromatic heterocycles. The molecule has 0 spiro atoms. The van der Waals surface area contributed by atoms with Crippen molar-refractivity contribution in [1.82, 2.24) is 0 Å². The van der Waals surface area contributed by atoms with Crippen molar-refractivity contribution in [2.24, 2.45) is 17.1 Å². The first-order valence-corrected chi connectivity index (χ1v) is 5.98. The van der Waals surface area contributed by atoms with Crippen molar-refractivity contribution >= 4 is 5.97 Å². The van der Waals surface area contributed by atoms with Crippen LogP contribution in [-0.4, -0.2) is 19.1 Å². The van der Waals surface area contributed by atoms with Crippen LogP contribution in [0.3, 0.4) is 0 Å². The summed E-state index contributed by atoms with van der Waals surface area (Å²) >= 11 is 0. The summed E-state index contributed by atoms with van der Waals surface area (Å²) in [4.78, 5) is 11.7. The Labute approximate surface area is 92.4 Å². The van der Waals surface area contributed by atoms with Crippen molar-refractivity contribution in [3.8, 4) is 0 Å². The van der Waals surface area contributed by atoms with Gasteiger partial charge in [0.05, 0.1) is 12.0 Å². The van der Waals surface area contributed by atoms with E-state index in [9.17, 15) is 4.79 Å². The number of esters is 1. The predicted molar refractivity (Wildman–Crippen MR) is 60.4 cm³/mol. The highest BCUT2D eigenvalue weighted by molar-refractivity contribution is 5.78. The van der Waals surface area contributed by atoms with E-state index in [1.165, 1.54) is 0 Å². The Bertz CT molecular complexity index is 204. The van der Waals surface area contributed by atoms with Crippen LogP contribution in [0.15, 0.2) is 0 Å². The molecular weight excluding hydrogens is 190 g/mol. The van der Waals surface area contributed by atoms with Crippen molar-refractivity contribution in [2.75, 3.05) is 13.2 Å². The third kappa shape index (κ3) is 3.20. The van der Waals surface area contributed by atoms with E-state index >= 15 is 0 Å². The lowest BCUT2D eigenvalue weighted by Gasteiger charge is -2.37. The van der Waals surface area contributed by atoms with Gasteiger partial charge in [-0.1, -0.05) is 20.3 Å². The van der Waals surface area contributed by atoms with Gasteiger partial charge in [0.2, 0.25) is 0 Å². The fourth-order valence-electron chi connectivity index (χ4n) is 1.90. The van der Waals surface area contributed by atoms with Crippen molar-refractivity contribution in [3.05, 3.63) is 0 Å². The van der Waals surface area contributed by atoms with E-state index in [0.29, 0.717) is 19.1 Å². The number of hydrogen-bond acceptors (Lipinski definition) is 3. The quantitative estimate of drug-likeness (QED) is 0.543. The molecule has 0 saturated heterocycles. The van der Waals surface area contributed by atoms with Crippen molar-refractivity contribution in [3.63, 3.8) is 0 Å². The molecule has 0 atom stereocenters. The van der Waals surface area contributed by atoms with Gasteiger partial charge >= 0.3 is 5.97 Å². The van der Waals surface area contributed by atoms with Crippen LogP contribution < -0.4 is 5.73 Å². The van der Waals surface area contributed by atoms with E-state index in [1.807, 2.05) is 0 Å². The van der Waals surface area contributed by atoms with Gasteiger partial charge in [0.15, 0.2) is 0 Å². The smallest absolute Gasteiger partial charge is 0.313 e. The Balaban J connectivity index is 2.18. The zero-order chi connectivity index (χ0) is 11.3. The van der Waals surface area contributed by atoms with Gasteiger partial charge in [-0.25, -0.2) is 0 Å². The summed E-state index contributed by atoms with van der Waals surface area (Å²) in [5, 5.41) is 0. The van der Waals surface area contributed by atoms with Gasteiger partial charge in [-0.05, 0) is 31.6 Å². The minimum Gasteiger partial charge on any atom is -0.465 e. The topological polar surface area (TPSA) is 52.3 Å². The van der Waals surface area contributed by atoms with Gasteiger partial charge in [-0.2, -0.15) is 0 Å². The second-order valence-electron chi connectivity index (χ2n) is 5.01. The van der Waals surface area contributed by atoms with Gasteiger partial charge < -0.3 is 10.5 Å². The van der Waals surface area contributed by atoms with Crippen LogP contribution in [0.5, 0.6) is 0 Å². The second-order valence-corrected chi connectivity index (χ2v) is 5.01. The first kappa shape index (κ1) is 12.5. The van der Waals surface area contributed by atoms with Crippen LogP contribution in [0, 0.1) is 11.3 Å². The van der Waals surface area contributed by atoms with Crippen LogP contribution in [-0.2, 0) is 9.53 Å². The molecule has 0 aliphatic heterocycles. The van der Waals surface area contributed by atoms with Crippen molar-refractivity contribution in [2.45, 2.75) is 46.0 Å². The lowest BCUT2D eigenvalue weighted by molar-refractivity contribution is -0.160. The molecule has 0 aromatic carbocycles. The third-order valence-electron chi connectivity index (χ3n) is 3.29. The summed E-state index contributed by atoms with van der Waals surface area (Å²) in [6.45, 7) is 5.35. The van der Waals surface area contributed by atoms with Crippen LogP contribution >= 0.6 is 0 Å². The highest BCUT2D eigenvalue weighted by Crippen LogP contribution is 2.40. The van der Waals surface area contributed by atoms with Crippen LogP contribution in [0.25, 0.3) is 0 Å². The maximum atomic E-state index is 11.7. The number of rotatable bonds is 6. The average molecular weight is 213 g/mol. The van der Waals surface area contributed by atoms with Gasteiger partial charge in [-0.3, -0.25) is 4.79 Å². The average Bonchev–Trinajstić information content (AvgIpc) is 2.11. The van der Waals surface area contributed by atoms with Gasteiger partial charge in [0.25, 0.3) is 0 Å². The molecule has 88 valence electrons. The van der Waals surface area contributed by atoms with Crippen molar-refractivity contribution < 1.29 is 9.53 Å². The number of carbonyl (C=O) groups excluding carboxylic acids is 1. The molecule has 0 heterocycles. The number of hydrogen-bond donors (Lipinski definition) is 1. The molecule has 0 bridgehead atoms. The summed E-state index contributed by atoms with van der Waals surface area (Å²) in [5.74, 6) is 0.607. The van der Waals surface area contributed by atoms with Gasteiger partial charge in [0, 0.05) is 6.54 Å². The molecule has 0 amide bonds. The minimum atomic E-state index is -0.322. The fourth-order valence-corrected chi connectivity index (χ4v) is 1.90. The lowest BCUT2D eigenvalue weighted by atomic mass is 9.69. The molecular formula is C12H23NO2. The van der Waals surface area contributed by atoms with Crippen LogP contribution in [0.2, 0.25) is 0 Å². The van der Waals surface area contributed by atoms with E-state index in [4.69, 9.17) is 10.5 Å². The summed E-state index contributed by atoms with van der Waals surface area (Å²) in [5.41, 5.74) is 5.30. The lowest BCUT2D eigenvalue weighted by Crippen LogP contribution is -2.45. The Morgan fingerprint density at radius 1 is 1.47 bits per heavy atom. The molecule has 1 rings (SSSR count). The number of ether oxygens (including phenoxy) is 1. The summed E-state index contributed by atoms with van der Waals surface area (Å²) < 4.78 is 5.27. The Kier molecular flexibility index (Phi) is 4.58. The number of nitrogens with two attached hydrogens (primary N) is 1. The van der Waals surface area contributed by atoms with E-state index in [2.05, 4.69) is 13.8 Å². The molecule has 15 heavy (non-hydrogen) atoms. The van der Waals surface area contributed by atoms with Gasteiger partial charge in [0.1, 0.15) is 0 Å². The largest absolute Gasteiger partial charge is 0.465 e. The zero-order valence-corrected chi connectivity index (χ0v) is 9.92. The standard InChI is InChI=1S/C12H23NO2/c1-10(2)5-3-8-15-11(14)12(9-13)6-4-7-12/h10H,3-9,13H2,1-2H3. The Hall–Kier alpha value is -0.570. The molecule has 2 N–H and O–H groups in total. The first-order valence-electron chi connectivity index (χ1n) is 5.98. The third-order valence-corrected chi connectivity index (χ3v) is 3.29. The maximum Gasteiger partial charge on any atom is 0.313 e. The highest BCUT2D eigenvalue weighted by atomic mass is 16.5. The molecule has 3 nitrogen and oxygen atoms in total. The van der Waals surface area contributed by atoms with E-state index < -0.39 is 0 Å². The van der Waals surface area contributed by atoms with E-state index in [-0.39, 0.29) is 11.4 Å². The molecule has 1 aliphatic carbocycles. The van der Waals surface area contributed by atoms with Crippen molar-refractivity contribution in [1.29, 1.82) is 0 Å². The summed E-state index contributed by atoms with van der Waals surface area (Å²) in [6, 6.07) is 0. The second kappa shape index (κ2) is 5.50. The maximum absolute atomic E-state index is 11.7. The fraction of sp³-hybridized carbons (Fsp3) is 0.917. The van der Waals surface area contributed by atoms with Crippen LogP contribution in [0.1, 0.15) is 46.0 Å². The predicted octanol–water partition coefficient (Wildman–Crippen LogP) is 2.09. The molecule has 0 unspecified atom stereocenters. The van der Waals surface area contributed by atoms with Crippen LogP contribution in [0.4, 0.5) is 0 Å². The molecule has 0 radical (unpaired) electrons. The van der Waals surface area contributed by atoms with E-state index in [1.54, 1.807) is 0 Å². The summed E-state index contributed by atoms with van der Waals surface area (Å²) in [6.07, 6.45) is 5.00. The zero-order valence-electron chi connectivity index (χ0n) is 9.92. The van der Waals surface area contributed by atoms with E-state index in [0.717, 1.165) is 32.1 Å². The molecule has 3 heteroatoms. The highest BCUT2D eigenvalue weighted by Gasteiger charge is 2.44. The Morgan fingerprint density at radius 2 is 2.13 bits per heavy atom. The first-order chi connectivity index (χ1) is 7.10. The monoisotopic (exact) mass is 213 g/mol. The van der Waals surface area contributed by atoms with Gasteiger partial charge in [-0.15, -0.1) is 0 Å². The molecule has 1 aliphatic rings. The molecule has 1 saturated carbocycles. The number of carbonyl (C=O) groups is 1.